The Labute approximate surface area is 169 Å². The van der Waals surface area contributed by atoms with E-state index in [0.717, 1.165) is 36.3 Å². The average Bonchev–Trinajstić information content (AvgIpc) is 2.87. The molecule has 0 fully saturated rings. The summed E-state index contributed by atoms with van der Waals surface area (Å²) in [5, 5.41) is 10.2. The van der Waals surface area contributed by atoms with E-state index in [2.05, 4.69) is 50.3 Å². The summed E-state index contributed by atoms with van der Waals surface area (Å²) in [5.74, 6) is 1.28. The van der Waals surface area contributed by atoms with E-state index in [1.165, 1.54) is 0 Å². The molecule has 0 amide bonds. The molecule has 0 unspecified atom stereocenters. The van der Waals surface area contributed by atoms with Crippen LogP contribution >= 0.6 is 11.6 Å². The van der Waals surface area contributed by atoms with Crippen LogP contribution in [0, 0.1) is 0 Å². The molecule has 1 aromatic heterocycles. The topological polar surface area (TPSA) is 47.3 Å². The summed E-state index contributed by atoms with van der Waals surface area (Å²) >= 11 is 6.53. The molecule has 0 spiro atoms. The standard InChI is InChI=1S/C21H33ClN2O2Si/c1-7-8-9-19-23-20(22)18(15-26-27(5,6)21(2,3)4)24(19)14-16-10-12-17(25)13-11-16/h10-13,25H,7-9,14-15H2,1-6H3. The lowest BCUT2D eigenvalue weighted by molar-refractivity contribution is 0.267. The van der Waals surface area contributed by atoms with Gasteiger partial charge >= 0.3 is 0 Å². The zero-order valence-corrected chi connectivity index (χ0v) is 19.2. The number of rotatable bonds is 8. The molecule has 1 aromatic carbocycles. The van der Waals surface area contributed by atoms with Crippen LogP contribution in [0.1, 0.15) is 57.6 Å². The fraction of sp³-hybridized carbons (Fsp3) is 0.571. The second-order valence-corrected chi connectivity index (χ2v) is 13.8. The van der Waals surface area contributed by atoms with E-state index in [4.69, 9.17) is 16.0 Å². The van der Waals surface area contributed by atoms with Gasteiger partial charge in [-0.25, -0.2) is 4.98 Å². The van der Waals surface area contributed by atoms with Gasteiger partial charge in [-0.15, -0.1) is 0 Å². The molecule has 2 rings (SSSR count). The van der Waals surface area contributed by atoms with Gasteiger partial charge < -0.3 is 14.1 Å². The van der Waals surface area contributed by atoms with Crippen molar-refractivity contribution in [1.29, 1.82) is 0 Å². The smallest absolute Gasteiger partial charge is 0.192 e. The van der Waals surface area contributed by atoms with E-state index in [-0.39, 0.29) is 10.8 Å². The monoisotopic (exact) mass is 408 g/mol. The summed E-state index contributed by atoms with van der Waals surface area (Å²) in [6.45, 7) is 14.5. The molecular formula is C21H33ClN2O2Si. The highest BCUT2D eigenvalue weighted by atomic mass is 35.5. The van der Waals surface area contributed by atoms with Crippen molar-refractivity contribution >= 4 is 19.9 Å². The van der Waals surface area contributed by atoms with Crippen molar-refractivity contribution in [2.24, 2.45) is 0 Å². The first kappa shape index (κ1) is 22.0. The van der Waals surface area contributed by atoms with Crippen molar-refractivity contribution in [3.05, 3.63) is 46.5 Å². The number of phenolic OH excluding ortho intramolecular Hbond substituents is 1. The number of phenols is 1. The Morgan fingerprint density at radius 2 is 1.81 bits per heavy atom. The van der Waals surface area contributed by atoms with Gasteiger partial charge in [0, 0.05) is 13.0 Å². The zero-order chi connectivity index (χ0) is 20.2. The lowest BCUT2D eigenvalue weighted by atomic mass is 10.2. The molecule has 0 bridgehead atoms. The molecule has 1 heterocycles. The van der Waals surface area contributed by atoms with Gasteiger partial charge in [-0.3, -0.25) is 0 Å². The second-order valence-electron chi connectivity index (χ2n) is 8.67. The summed E-state index contributed by atoms with van der Waals surface area (Å²) in [6.07, 6.45) is 3.08. The SMILES string of the molecule is CCCCc1nc(Cl)c(CO[Si](C)(C)C(C)(C)C)n1Cc1ccc(O)cc1. The number of unbranched alkanes of at least 4 members (excludes halogenated alkanes) is 1. The first-order valence-electron chi connectivity index (χ1n) is 9.71. The number of aromatic hydroxyl groups is 1. The summed E-state index contributed by atoms with van der Waals surface area (Å²) in [6, 6.07) is 7.30. The summed E-state index contributed by atoms with van der Waals surface area (Å²) < 4.78 is 8.62. The molecule has 0 aliphatic rings. The molecule has 0 aliphatic carbocycles. The molecule has 0 saturated carbocycles. The molecule has 150 valence electrons. The highest BCUT2D eigenvalue weighted by Gasteiger charge is 2.37. The van der Waals surface area contributed by atoms with Crippen LogP contribution in [0.2, 0.25) is 23.3 Å². The number of halogens is 1. The summed E-state index contributed by atoms with van der Waals surface area (Å²) in [4.78, 5) is 4.64. The van der Waals surface area contributed by atoms with E-state index in [1.54, 1.807) is 12.1 Å². The highest BCUT2D eigenvalue weighted by Crippen LogP contribution is 2.37. The number of nitrogens with zero attached hydrogens (tertiary/aromatic N) is 2. The van der Waals surface area contributed by atoms with Crippen LogP contribution in [0.4, 0.5) is 0 Å². The minimum absolute atomic E-state index is 0.145. The predicted molar refractivity (Wildman–Crippen MR) is 115 cm³/mol. The maximum absolute atomic E-state index is 9.55. The predicted octanol–water partition coefficient (Wildman–Crippen LogP) is 6.15. The molecule has 2 aromatic rings. The van der Waals surface area contributed by atoms with E-state index >= 15 is 0 Å². The van der Waals surface area contributed by atoms with Crippen molar-refractivity contribution in [3.63, 3.8) is 0 Å². The number of benzene rings is 1. The van der Waals surface area contributed by atoms with Gasteiger partial charge in [0.25, 0.3) is 0 Å². The molecule has 0 saturated heterocycles. The Bertz CT molecular complexity index is 749. The van der Waals surface area contributed by atoms with Gasteiger partial charge in [0.1, 0.15) is 11.6 Å². The first-order valence-corrected chi connectivity index (χ1v) is 13.0. The normalized spacial score (nSPS) is 12.6. The van der Waals surface area contributed by atoms with E-state index in [1.807, 2.05) is 12.1 Å². The van der Waals surface area contributed by atoms with Gasteiger partial charge in [-0.1, -0.05) is 57.8 Å². The lowest BCUT2D eigenvalue weighted by Gasteiger charge is -2.36. The van der Waals surface area contributed by atoms with Crippen molar-refractivity contribution in [1.82, 2.24) is 9.55 Å². The molecule has 27 heavy (non-hydrogen) atoms. The van der Waals surface area contributed by atoms with Gasteiger partial charge in [-0.05, 0) is 42.2 Å². The van der Waals surface area contributed by atoms with Crippen molar-refractivity contribution in [2.75, 3.05) is 0 Å². The zero-order valence-electron chi connectivity index (χ0n) is 17.5. The fourth-order valence-corrected chi connectivity index (χ4v) is 3.79. The van der Waals surface area contributed by atoms with Gasteiger partial charge in [0.2, 0.25) is 0 Å². The molecule has 0 radical (unpaired) electrons. The average molecular weight is 409 g/mol. The third kappa shape index (κ3) is 5.59. The number of hydrogen-bond donors (Lipinski definition) is 1. The second kappa shape index (κ2) is 8.80. The Morgan fingerprint density at radius 3 is 2.37 bits per heavy atom. The van der Waals surface area contributed by atoms with Crippen LogP contribution in [-0.4, -0.2) is 23.0 Å². The number of aryl methyl sites for hydroxylation is 1. The van der Waals surface area contributed by atoms with Gasteiger partial charge in [0.05, 0.1) is 12.3 Å². The van der Waals surface area contributed by atoms with Gasteiger partial charge in [-0.2, -0.15) is 0 Å². The Morgan fingerprint density at radius 1 is 1.19 bits per heavy atom. The highest BCUT2D eigenvalue weighted by molar-refractivity contribution is 6.74. The summed E-state index contributed by atoms with van der Waals surface area (Å²) in [5.41, 5.74) is 2.05. The maximum Gasteiger partial charge on any atom is 0.192 e. The van der Waals surface area contributed by atoms with E-state index < -0.39 is 8.32 Å². The number of aromatic nitrogens is 2. The lowest BCUT2D eigenvalue weighted by Crippen LogP contribution is -2.40. The van der Waals surface area contributed by atoms with E-state index in [0.29, 0.717) is 18.3 Å². The quantitative estimate of drug-likeness (QED) is 0.532. The largest absolute Gasteiger partial charge is 0.508 e. The molecule has 0 atom stereocenters. The van der Waals surface area contributed by atoms with Crippen LogP contribution in [0.25, 0.3) is 0 Å². The Balaban J connectivity index is 2.31. The van der Waals surface area contributed by atoms with Crippen LogP contribution < -0.4 is 0 Å². The fourth-order valence-electron chi connectivity index (χ4n) is 2.60. The Hall–Kier alpha value is -1.30. The maximum atomic E-state index is 9.55. The van der Waals surface area contributed by atoms with Gasteiger partial charge in [0.15, 0.2) is 13.5 Å². The van der Waals surface area contributed by atoms with Crippen LogP contribution in [0.5, 0.6) is 5.75 Å². The van der Waals surface area contributed by atoms with E-state index in [9.17, 15) is 5.11 Å². The Kier molecular flexibility index (Phi) is 7.17. The number of imidazole rings is 1. The third-order valence-corrected chi connectivity index (χ3v) is 10.3. The van der Waals surface area contributed by atoms with Crippen LogP contribution in [0.15, 0.2) is 24.3 Å². The molecular weight excluding hydrogens is 376 g/mol. The molecule has 4 nitrogen and oxygen atoms in total. The molecule has 6 heteroatoms. The minimum Gasteiger partial charge on any atom is -0.508 e. The van der Waals surface area contributed by atoms with Crippen molar-refractivity contribution < 1.29 is 9.53 Å². The van der Waals surface area contributed by atoms with Crippen LogP contribution in [-0.2, 0) is 24.0 Å². The first-order chi connectivity index (χ1) is 12.5. The van der Waals surface area contributed by atoms with Crippen molar-refractivity contribution in [2.45, 2.75) is 78.2 Å². The third-order valence-electron chi connectivity index (χ3n) is 5.51. The molecule has 1 N–H and O–H groups in total. The number of hydrogen-bond acceptors (Lipinski definition) is 3. The molecule has 0 aliphatic heterocycles. The summed E-state index contributed by atoms with van der Waals surface area (Å²) in [7, 11) is -1.88. The van der Waals surface area contributed by atoms with Crippen LogP contribution in [0.3, 0.4) is 0 Å². The van der Waals surface area contributed by atoms with Crippen molar-refractivity contribution in [3.8, 4) is 5.75 Å². The minimum atomic E-state index is -1.88.